The van der Waals surface area contributed by atoms with Gasteiger partial charge in [-0.2, -0.15) is 0 Å². The molecule has 0 N–H and O–H groups in total. The fourth-order valence-corrected chi connectivity index (χ4v) is 2.44. The minimum absolute atomic E-state index is 0.248. The van der Waals surface area contributed by atoms with E-state index in [2.05, 4.69) is 9.97 Å². The molecule has 0 amide bonds. The molecule has 0 unspecified atom stereocenters. The van der Waals surface area contributed by atoms with Crippen molar-refractivity contribution in [3.63, 3.8) is 0 Å². The van der Waals surface area contributed by atoms with Crippen LogP contribution in [-0.2, 0) is 0 Å². The van der Waals surface area contributed by atoms with Crippen molar-refractivity contribution in [3.8, 4) is 22.9 Å². The largest absolute Gasteiger partial charge is 0.454 e. The van der Waals surface area contributed by atoms with Crippen molar-refractivity contribution in [2.45, 2.75) is 0 Å². The fraction of sp³-hybridized carbons (Fsp3) is 0.0667. The Kier molecular flexibility index (Phi) is 2.50. The highest BCUT2D eigenvalue weighted by Gasteiger charge is 2.15. The first-order valence-corrected chi connectivity index (χ1v) is 6.51. The summed E-state index contributed by atoms with van der Waals surface area (Å²) in [6.07, 6.45) is 0. The molecule has 1 aromatic heterocycles. The molecule has 1 aliphatic rings. The number of nitrogens with zero attached hydrogens (tertiary/aromatic N) is 2. The van der Waals surface area contributed by atoms with E-state index in [1.807, 2.05) is 42.5 Å². The zero-order valence-electron chi connectivity index (χ0n) is 10.3. The van der Waals surface area contributed by atoms with Gasteiger partial charge in [0.15, 0.2) is 17.3 Å². The van der Waals surface area contributed by atoms with Crippen LogP contribution >= 0.6 is 11.6 Å². The molecule has 2 heterocycles. The number of benzene rings is 2. The summed E-state index contributed by atoms with van der Waals surface area (Å²) < 4.78 is 10.7. The van der Waals surface area contributed by atoms with Gasteiger partial charge in [0.25, 0.3) is 0 Å². The second-order valence-electron chi connectivity index (χ2n) is 4.42. The van der Waals surface area contributed by atoms with E-state index in [9.17, 15) is 0 Å². The van der Waals surface area contributed by atoms with Crippen LogP contribution in [0.2, 0.25) is 5.15 Å². The van der Waals surface area contributed by atoms with Crippen molar-refractivity contribution in [1.82, 2.24) is 9.97 Å². The number of hydrogen-bond donors (Lipinski definition) is 0. The van der Waals surface area contributed by atoms with E-state index in [-0.39, 0.29) is 6.79 Å². The molecular formula is C15H9ClN2O2. The minimum atomic E-state index is 0.248. The summed E-state index contributed by atoms with van der Waals surface area (Å²) in [4.78, 5) is 8.89. The number of aromatic nitrogens is 2. The lowest BCUT2D eigenvalue weighted by atomic mass is 10.1. The number of halogens is 1. The van der Waals surface area contributed by atoms with Gasteiger partial charge in [-0.25, -0.2) is 9.97 Å². The van der Waals surface area contributed by atoms with E-state index in [1.54, 1.807) is 0 Å². The third-order valence-corrected chi connectivity index (χ3v) is 3.48. The van der Waals surface area contributed by atoms with Crippen LogP contribution in [-0.4, -0.2) is 16.8 Å². The minimum Gasteiger partial charge on any atom is -0.454 e. The first-order valence-electron chi connectivity index (χ1n) is 6.13. The van der Waals surface area contributed by atoms with Crippen molar-refractivity contribution in [1.29, 1.82) is 0 Å². The molecule has 0 saturated heterocycles. The van der Waals surface area contributed by atoms with Crippen LogP contribution in [0.4, 0.5) is 0 Å². The Morgan fingerprint density at radius 3 is 2.75 bits per heavy atom. The van der Waals surface area contributed by atoms with E-state index in [0.29, 0.717) is 16.7 Å². The third-order valence-electron chi connectivity index (χ3n) is 3.19. The number of para-hydroxylation sites is 1. The van der Waals surface area contributed by atoms with Crippen molar-refractivity contribution in [3.05, 3.63) is 47.6 Å². The lowest BCUT2D eigenvalue weighted by Gasteiger charge is -2.05. The molecular weight excluding hydrogens is 276 g/mol. The number of fused-ring (bicyclic) bond motifs is 2. The third kappa shape index (κ3) is 1.77. The molecule has 2 aromatic carbocycles. The number of ether oxygens (including phenoxy) is 2. The van der Waals surface area contributed by atoms with Crippen LogP contribution < -0.4 is 9.47 Å². The van der Waals surface area contributed by atoms with Crippen LogP contribution in [0.25, 0.3) is 22.3 Å². The second-order valence-corrected chi connectivity index (χ2v) is 4.78. The van der Waals surface area contributed by atoms with Crippen LogP contribution in [0, 0.1) is 0 Å². The molecule has 0 radical (unpaired) electrons. The summed E-state index contributed by atoms with van der Waals surface area (Å²) in [6, 6.07) is 13.3. The Bertz CT molecular complexity index is 820. The molecule has 20 heavy (non-hydrogen) atoms. The van der Waals surface area contributed by atoms with Crippen LogP contribution in [0.3, 0.4) is 0 Å². The lowest BCUT2D eigenvalue weighted by molar-refractivity contribution is 0.174. The molecule has 0 spiro atoms. The van der Waals surface area contributed by atoms with Gasteiger partial charge in [0.2, 0.25) is 6.79 Å². The van der Waals surface area contributed by atoms with Crippen LogP contribution in [0.15, 0.2) is 42.5 Å². The molecule has 98 valence electrons. The first-order chi connectivity index (χ1) is 9.81. The summed E-state index contributed by atoms with van der Waals surface area (Å²) >= 11 is 6.22. The quantitative estimate of drug-likeness (QED) is 0.640. The molecule has 1 aliphatic heterocycles. The molecule has 3 aromatic rings. The summed E-state index contributed by atoms with van der Waals surface area (Å²) in [5, 5.41) is 1.29. The van der Waals surface area contributed by atoms with E-state index in [1.165, 1.54) is 0 Å². The Morgan fingerprint density at radius 2 is 1.80 bits per heavy atom. The predicted octanol–water partition coefficient (Wildman–Crippen LogP) is 3.68. The fourth-order valence-electron chi connectivity index (χ4n) is 2.20. The Hall–Kier alpha value is -2.33. The summed E-state index contributed by atoms with van der Waals surface area (Å²) in [6.45, 7) is 0.248. The molecule has 0 aliphatic carbocycles. The van der Waals surface area contributed by atoms with Crippen molar-refractivity contribution >= 4 is 22.5 Å². The maximum absolute atomic E-state index is 6.22. The molecule has 0 atom stereocenters. The molecule has 4 rings (SSSR count). The molecule has 0 fully saturated rings. The standard InChI is InChI=1S/C15H9ClN2O2/c16-14-10-3-1-2-4-11(10)17-15(18-14)9-5-6-12-13(7-9)20-8-19-12/h1-7H,8H2. The van der Waals surface area contributed by atoms with Crippen molar-refractivity contribution < 1.29 is 9.47 Å². The van der Waals surface area contributed by atoms with Crippen molar-refractivity contribution in [2.24, 2.45) is 0 Å². The van der Waals surface area contributed by atoms with E-state index in [0.717, 1.165) is 22.2 Å². The Labute approximate surface area is 119 Å². The summed E-state index contributed by atoms with van der Waals surface area (Å²) in [5.74, 6) is 2.02. The first kappa shape index (κ1) is 11.5. The van der Waals surface area contributed by atoms with Gasteiger partial charge < -0.3 is 9.47 Å². The summed E-state index contributed by atoms with van der Waals surface area (Å²) in [7, 11) is 0. The molecule has 0 saturated carbocycles. The van der Waals surface area contributed by atoms with Gasteiger partial charge in [0.05, 0.1) is 5.52 Å². The number of rotatable bonds is 1. The maximum atomic E-state index is 6.22. The van der Waals surface area contributed by atoms with E-state index in [4.69, 9.17) is 21.1 Å². The van der Waals surface area contributed by atoms with Crippen molar-refractivity contribution in [2.75, 3.05) is 6.79 Å². The zero-order chi connectivity index (χ0) is 13.5. The van der Waals surface area contributed by atoms with Gasteiger partial charge in [-0.05, 0) is 30.3 Å². The smallest absolute Gasteiger partial charge is 0.231 e. The van der Waals surface area contributed by atoms with Gasteiger partial charge in [0.1, 0.15) is 5.15 Å². The SMILES string of the molecule is Clc1nc(-c2ccc3c(c2)OCO3)nc2ccccc12. The monoisotopic (exact) mass is 284 g/mol. The van der Waals surface area contributed by atoms with E-state index < -0.39 is 0 Å². The average molecular weight is 285 g/mol. The zero-order valence-corrected chi connectivity index (χ0v) is 11.1. The van der Waals surface area contributed by atoms with Gasteiger partial charge in [-0.1, -0.05) is 23.7 Å². The predicted molar refractivity (Wildman–Crippen MR) is 76.1 cm³/mol. The maximum Gasteiger partial charge on any atom is 0.231 e. The normalized spacial score (nSPS) is 12.8. The van der Waals surface area contributed by atoms with E-state index >= 15 is 0 Å². The van der Waals surface area contributed by atoms with Crippen LogP contribution in [0.1, 0.15) is 0 Å². The second kappa shape index (κ2) is 4.35. The highest BCUT2D eigenvalue weighted by atomic mass is 35.5. The molecule has 4 nitrogen and oxygen atoms in total. The van der Waals surface area contributed by atoms with Gasteiger partial charge in [-0.3, -0.25) is 0 Å². The lowest BCUT2D eigenvalue weighted by Crippen LogP contribution is -1.93. The Balaban J connectivity index is 1.90. The van der Waals surface area contributed by atoms with Crippen LogP contribution in [0.5, 0.6) is 11.5 Å². The van der Waals surface area contributed by atoms with Gasteiger partial charge in [0, 0.05) is 10.9 Å². The molecule has 5 heteroatoms. The van der Waals surface area contributed by atoms with Gasteiger partial charge in [-0.15, -0.1) is 0 Å². The highest BCUT2D eigenvalue weighted by molar-refractivity contribution is 6.34. The molecule has 0 bridgehead atoms. The summed E-state index contributed by atoms with van der Waals surface area (Å²) in [5.41, 5.74) is 1.67. The average Bonchev–Trinajstić information content (AvgIpc) is 2.94. The highest BCUT2D eigenvalue weighted by Crippen LogP contribution is 2.35. The topological polar surface area (TPSA) is 44.2 Å². The Morgan fingerprint density at radius 1 is 0.950 bits per heavy atom. The number of hydrogen-bond acceptors (Lipinski definition) is 4. The van der Waals surface area contributed by atoms with Gasteiger partial charge >= 0.3 is 0 Å².